The molecule has 1 atom stereocenters. The van der Waals surface area contributed by atoms with Crippen LogP contribution in [0.2, 0.25) is 0 Å². The van der Waals surface area contributed by atoms with Crippen LogP contribution in [0.4, 0.5) is 10.1 Å². The molecule has 162 valence electrons. The summed E-state index contributed by atoms with van der Waals surface area (Å²) in [6.45, 7) is 7.70. The average molecular weight is 441 g/mol. The number of benzene rings is 2. The maximum atomic E-state index is 13.6. The van der Waals surface area contributed by atoms with E-state index in [1.165, 1.54) is 29.2 Å². The van der Waals surface area contributed by atoms with Crippen molar-refractivity contribution in [3.05, 3.63) is 76.5 Å². The molecule has 0 spiro atoms. The fourth-order valence-corrected chi connectivity index (χ4v) is 3.53. The van der Waals surface area contributed by atoms with Gasteiger partial charge in [0.25, 0.3) is 5.91 Å². The average Bonchev–Trinajstić information content (AvgIpc) is 3.27. The predicted molar refractivity (Wildman–Crippen MR) is 120 cm³/mol. The van der Waals surface area contributed by atoms with Gasteiger partial charge >= 0.3 is 0 Å². The van der Waals surface area contributed by atoms with Gasteiger partial charge in [0.05, 0.1) is 0 Å². The van der Waals surface area contributed by atoms with Crippen molar-refractivity contribution < 1.29 is 14.0 Å². The molecule has 1 aromatic heterocycles. The molecule has 1 N–H and O–H groups in total. The topological polar surface area (TPSA) is 75.2 Å². The SMILES string of the molecule is CCC(C)(C)NC(=O)[C@H](c1ccc(F)cc1)N(C(=O)c1csnn1)c1cccc(C)c1. The van der Waals surface area contributed by atoms with E-state index in [1.54, 1.807) is 11.4 Å². The Morgan fingerprint density at radius 1 is 1.19 bits per heavy atom. The number of aryl methyl sites for hydroxylation is 1. The number of carbonyl (C=O) groups excluding carboxylic acids is 2. The van der Waals surface area contributed by atoms with E-state index in [0.717, 1.165) is 17.1 Å². The number of hydrogen-bond donors (Lipinski definition) is 1. The molecule has 6 nitrogen and oxygen atoms in total. The summed E-state index contributed by atoms with van der Waals surface area (Å²) in [5.74, 6) is -1.25. The van der Waals surface area contributed by atoms with Gasteiger partial charge in [0.2, 0.25) is 5.91 Å². The van der Waals surface area contributed by atoms with Crippen molar-refractivity contribution >= 4 is 29.0 Å². The van der Waals surface area contributed by atoms with Gasteiger partial charge in [-0.25, -0.2) is 4.39 Å². The molecule has 2 amide bonds. The third-order valence-electron chi connectivity index (χ3n) is 5.12. The summed E-state index contributed by atoms with van der Waals surface area (Å²) in [5.41, 5.74) is 1.61. The third kappa shape index (κ3) is 5.32. The van der Waals surface area contributed by atoms with Crippen LogP contribution in [-0.4, -0.2) is 26.9 Å². The smallest absolute Gasteiger partial charge is 0.280 e. The number of nitrogens with one attached hydrogen (secondary N) is 1. The highest BCUT2D eigenvalue weighted by molar-refractivity contribution is 7.03. The minimum absolute atomic E-state index is 0.140. The number of amides is 2. The highest BCUT2D eigenvalue weighted by Crippen LogP contribution is 2.31. The van der Waals surface area contributed by atoms with Crippen LogP contribution in [0.25, 0.3) is 0 Å². The second-order valence-corrected chi connectivity index (χ2v) is 8.59. The maximum absolute atomic E-state index is 13.6. The molecule has 0 radical (unpaired) electrons. The lowest BCUT2D eigenvalue weighted by atomic mass is 9.98. The summed E-state index contributed by atoms with van der Waals surface area (Å²) in [4.78, 5) is 28.5. The number of aromatic nitrogens is 2. The molecule has 0 aliphatic rings. The predicted octanol–water partition coefficient (Wildman–Crippen LogP) is 4.68. The van der Waals surface area contributed by atoms with Crippen molar-refractivity contribution in [1.82, 2.24) is 14.9 Å². The Hall–Kier alpha value is -3.13. The number of halogens is 1. The highest BCUT2D eigenvalue weighted by Gasteiger charge is 2.36. The Labute approximate surface area is 185 Å². The fourth-order valence-electron chi connectivity index (χ4n) is 3.10. The lowest BCUT2D eigenvalue weighted by Crippen LogP contribution is -2.50. The molecule has 1 heterocycles. The van der Waals surface area contributed by atoms with E-state index in [1.807, 2.05) is 45.9 Å². The lowest BCUT2D eigenvalue weighted by molar-refractivity contribution is -0.124. The molecular formula is C23H25FN4O2S. The molecule has 0 bridgehead atoms. The van der Waals surface area contributed by atoms with Crippen LogP contribution in [0, 0.1) is 12.7 Å². The Morgan fingerprint density at radius 3 is 2.48 bits per heavy atom. The van der Waals surface area contributed by atoms with Gasteiger partial charge in [0.1, 0.15) is 11.9 Å². The summed E-state index contributed by atoms with van der Waals surface area (Å²) in [6, 6.07) is 11.9. The van der Waals surface area contributed by atoms with Crippen molar-refractivity contribution in [3.8, 4) is 0 Å². The Balaban J connectivity index is 2.17. The van der Waals surface area contributed by atoms with Gasteiger partial charge in [-0.2, -0.15) is 0 Å². The van der Waals surface area contributed by atoms with Gasteiger partial charge < -0.3 is 5.32 Å². The minimum atomic E-state index is -1.03. The van der Waals surface area contributed by atoms with Crippen LogP contribution in [-0.2, 0) is 4.79 Å². The summed E-state index contributed by atoms with van der Waals surface area (Å²) in [5, 5.41) is 8.48. The molecule has 3 rings (SSSR count). The monoisotopic (exact) mass is 440 g/mol. The Morgan fingerprint density at radius 2 is 1.90 bits per heavy atom. The van der Waals surface area contributed by atoms with Crippen LogP contribution in [0.5, 0.6) is 0 Å². The first-order chi connectivity index (χ1) is 14.7. The standard InChI is InChI=1S/C23H25FN4O2S/c1-5-23(3,4)25-21(29)20(16-9-11-17(24)12-10-16)28(18-8-6-7-15(2)13-18)22(30)19-14-31-27-26-19/h6-14,20H,5H2,1-4H3,(H,25,29)/t20-/m0/s1. The molecule has 0 saturated heterocycles. The largest absolute Gasteiger partial charge is 0.349 e. The molecule has 2 aromatic carbocycles. The van der Waals surface area contributed by atoms with E-state index in [-0.39, 0.29) is 11.6 Å². The molecule has 0 saturated carbocycles. The second kappa shape index (κ2) is 9.34. The zero-order valence-corrected chi connectivity index (χ0v) is 18.7. The van der Waals surface area contributed by atoms with E-state index in [9.17, 15) is 14.0 Å². The number of hydrogen-bond acceptors (Lipinski definition) is 5. The van der Waals surface area contributed by atoms with E-state index >= 15 is 0 Å². The minimum Gasteiger partial charge on any atom is -0.349 e. The van der Waals surface area contributed by atoms with Gasteiger partial charge in [-0.3, -0.25) is 14.5 Å². The van der Waals surface area contributed by atoms with Gasteiger partial charge in [-0.15, -0.1) is 5.10 Å². The van der Waals surface area contributed by atoms with Crippen LogP contribution in [0.15, 0.2) is 53.9 Å². The van der Waals surface area contributed by atoms with Gasteiger partial charge in [0, 0.05) is 16.6 Å². The van der Waals surface area contributed by atoms with Gasteiger partial charge in [-0.1, -0.05) is 35.7 Å². The van der Waals surface area contributed by atoms with Crippen LogP contribution in [0.1, 0.15) is 54.8 Å². The van der Waals surface area contributed by atoms with E-state index in [4.69, 9.17) is 0 Å². The van der Waals surface area contributed by atoms with E-state index < -0.39 is 23.3 Å². The summed E-state index contributed by atoms with van der Waals surface area (Å²) >= 11 is 1.06. The summed E-state index contributed by atoms with van der Waals surface area (Å²) < 4.78 is 17.4. The molecule has 8 heteroatoms. The third-order valence-corrected chi connectivity index (χ3v) is 5.62. The zero-order valence-electron chi connectivity index (χ0n) is 17.9. The van der Waals surface area contributed by atoms with E-state index in [2.05, 4.69) is 14.9 Å². The molecule has 0 aliphatic carbocycles. The first-order valence-electron chi connectivity index (χ1n) is 9.96. The second-order valence-electron chi connectivity index (χ2n) is 7.99. The summed E-state index contributed by atoms with van der Waals surface area (Å²) in [7, 11) is 0. The molecular weight excluding hydrogens is 415 g/mol. The Bertz CT molecular complexity index is 1050. The van der Waals surface area contributed by atoms with Crippen molar-refractivity contribution in [1.29, 1.82) is 0 Å². The maximum Gasteiger partial charge on any atom is 0.280 e. The van der Waals surface area contributed by atoms with Crippen molar-refractivity contribution in [2.24, 2.45) is 0 Å². The van der Waals surface area contributed by atoms with E-state index in [0.29, 0.717) is 17.7 Å². The van der Waals surface area contributed by atoms with Crippen molar-refractivity contribution in [2.75, 3.05) is 4.90 Å². The van der Waals surface area contributed by atoms with Crippen molar-refractivity contribution in [2.45, 2.75) is 45.7 Å². The quantitative estimate of drug-likeness (QED) is 0.579. The van der Waals surface area contributed by atoms with Gasteiger partial charge in [0.15, 0.2) is 5.69 Å². The molecule has 3 aromatic rings. The number of nitrogens with zero attached hydrogens (tertiary/aromatic N) is 3. The number of anilines is 1. The normalized spacial score (nSPS) is 12.3. The lowest BCUT2D eigenvalue weighted by Gasteiger charge is -2.34. The van der Waals surface area contributed by atoms with Crippen molar-refractivity contribution in [3.63, 3.8) is 0 Å². The molecule has 31 heavy (non-hydrogen) atoms. The van der Waals surface area contributed by atoms with Crippen LogP contribution in [0.3, 0.4) is 0 Å². The zero-order chi connectivity index (χ0) is 22.6. The van der Waals surface area contributed by atoms with Gasteiger partial charge in [-0.05, 0) is 74.1 Å². The first kappa shape index (κ1) is 22.6. The Kier molecular flexibility index (Phi) is 6.80. The summed E-state index contributed by atoms with van der Waals surface area (Å²) in [6.07, 6.45) is 0.698. The van der Waals surface area contributed by atoms with Crippen LogP contribution >= 0.6 is 11.5 Å². The highest BCUT2D eigenvalue weighted by atomic mass is 32.1. The molecule has 0 unspecified atom stereocenters. The number of carbonyl (C=O) groups is 2. The molecule has 0 fully saturated rings. The first-order valence-corrected chi connectivity index (χ1v) is 10.8. The van der Waals surface area contributed by atoms with Crippen LogP contribution < -0.4 is 10.2 Å². The number of rotatable bonds is 7. The molecule has 0 aliphatic heterocycles. The fraction of sp³-hybridized carbons (Fsp3) is 0.304.